The molecule has 3 rings (SSSR count). The number of nitrogens with zero attached hydrogens (tertiary/aromatic N) is 2. The normalized spacial score (nSPS) is 24.8. The van der Waals surface area contributed by atoms with Gasteiger partial charge in [0.2, 0.25) is 0 Å². The Morgan fingerprint density at radius 1 is 1.35 bits per heavy atom. The summed E-state index contributed by atoms with van der Waals surface area (Å²) in [6.45, 7) is 1.15. The zero-order valence-corrected chi connectivity index (χ0v) is 11.4. The van der Waals surface area contributed by atoms with Gasteiger partial charge in [-0.05, 0) is 25.0 Å². The monoisotopic (exact) mass is 296 g/mol. The van der Waals surface area contributed by atoms with Crippen molar-refractivity contribution in [2.75, 3.05) is 13.1 Å². The van der Waals surface area contributed by atoms with E-state index in [1.165, 1.54) is 18.2 Å². The number of likely N-dealkylation sites (tertiary alicyclic amines) is 1. The molecule has 1 aromatic carbocycles. The summed E-state index contributed by atoms with van der Waals surface area (Å²) in [6, 6.07) is 4.08. The zero-order valence-electron chi connectivity index (χ0n) is 10.6. The molecule has 2 aliphatic heterocycles. The van der Waals surface area contributed by atoms with Gasteiger partial charge in [0.1, 0.15) is 5.02 Å². The molecule has 20 heavy (non-hydrogen) atoms. The summed E-state index contributed by atoms with van der Waals surface area (Å²) < 4.78 is 5.68. The Labute approximate surface area is 120 Å². The number of hydrogen-bond acceptors (Lipinski definition) is 4. The molecule has 0 radical (unpaired) electrons. The van der Waals surface area contributed by atoms with Crippen molar-refractivity contribution in [2.24, 2.45) is 0 Å². The molecule has 1 aromatic rings. The molecule has 7 heteroatoms. The van der Waals surface area contributed by atoms with Gasteiger partial charge < -0.3 is 9.64 Å². The number of morpholine rings is 1. The van der Waals surface area contributed by atoms with Gasteiger partial charge in [-0.25, -0.2) is 0 Å². The molecule has 0 N–H and O–H groups in total. The molecule has 2 bridgehead atoms. The predicted octanol–water partition coefficient (Wildman–Crippen LogP) is 2.25. The van der Waals surface area contributed by atoms with Gasteiger partial charge in [-0.2, -0.15) is 0 Å². The number of halogens is 1. The fraction of sp³-hybridized carbons (Fsp3) is 0.462. The molecule has 0 spiro atoms. The molecule has 6 nitrogen and oxygen atoms in total. The lowest BCUT2D eigenvalue weighted by Crippen LogP contribution is -2.45. The average Bonchev–Trinajstić information content (AvgIpc) is 2.76. The van der Waals surface area contributed by atoms with E-state index in [1.54, 1.807) is 4.90 Å². The number of amides is 1. The number of carbonyl (C=O) groups excluding carboxylic acids is 1. The van der Waals surface area contributed by atoms with Crippen LogP contribution in [0.1, 0.15) is 23.2 Å². The second kappa shape index (κ2) is 5.03. The van der Waals surface area contributed by atoms with Crippen LogP contribution in [0.4, 0.5) is 5.69 Å². The highest BCUT2D eigenvalue weighted by molar-refractivity contribution is 6.33. The maximum atomic E-state index is 12.4. The van der Waals surface area contributed by atoms with Crippen molar-refractivity contribution in [3.8, 4) is 0 Å². The lowest BCUT2D eigenvalue weighted by atomic mass is 10.1. The molecule has 106 valence electrons. The van der Waals surface area contributed by atoms with Crippen LogP contribution in [0.5, 0.6) is 0 Å². The second-order valence-corrected chi connectivity index (χ2v) is 5.50. The molecule has 0 aromatic heterocycles. The van der Waals surface area contributed by atoms with Gasteiger partial charge in [-0.1, -0.05) is 11.6 Å². The molecule has 2 fully saturated rings. The first-order chi connectivity index (χ1) is 9.54. The molecular formula is C13H13ClN2O4. The van der Waals surface area contributed by atoms with Crippen LogP contribution in [0.15, 0.2) is 18.2 Å². The molecule has 2 aliphatic rings. The third-order valence-electron chi connectivity index (χ3n) is 3.72. The summed E-state index contributed by atoms with van der Waals surface area (Å²) in [5, 5.41) is 10.7. The molecule has 2 atom stereocenters. The Morgan fingerprint density at radius 3 is 2.55 bits per heavy atom. The number of nitro benzene ring substituents is 1. The van der Waals surface area contributed by atoms with Gasteiger partial charge in [0.25, 0.3) is 11.6 Å². The minimum Gasteiger partial charge on any atom is -0.371 e. The summed E-state index contributed by atoms with van der Waals surface area (Å²) in [7, 11) is 0. The van der Waals surface area contributed by atoms with Crippen molar-refractivity contribution in [2.45, 2.75) is 25.0 Å². The second-order valence-electron chi connectivity index (χ2n) is 5.09. The molecular weight excluding hydrogens is 284 g/mol. The Bertz CT molecular complexity index is 565. The van der Waals surface area contributed by atoms with Crippen molar-refractivity contribution in [3.63, 3.8) is 0 Å². The summed E-state index contributed by atoms with van der Waals surface area (Å²) in [4.78, 5) is 24.3. The van der Waals surface area contributed by atoms with E-state index in [4.69, 9.17) is 16.3 Å². The Morgan fingerprint density at radius 2 is 2.00 bits per heavy atom. The Kier molecular flexibility index (Phi) is 3.35. The number of fused-ring (bicyclic) bond motifs is 2. The maximum absolute atomic E-state index is 12.4. The minimum absolute atomic E-state index is 0.0166. The number of rotatable bonds is 2. The maximum Gasteiger partial charge on any atom is 0.287 e. The van der Waals surface area contributed by atoms with Gasteiger partial charge in [0.15, 0.2) is 0 Å². The van der Waals surface area contributed by atoms with E-state index < -0.39 is 4.92 Å². The quantitative estimate of drug-likeness (QED) is 0.620. The van der Waals surface area contributed by atoms with Crippen LogP contribution < -0.4 is 0 Å². The van der Waals surface area contributed by atoms with E-state index in [0.29, 0.717) is 18.7 Å². The largest absolute Gasteiger partial charge is 0.371 e. The molecule has 1 amide bonds. The highest BCUT2D eigenvalue weighted by Gasteiger charge is 2.36. The van der Waals surface area contributed by atoms with Gasteiger partial charge in [-0.3, -0.25) is 14.9 Å². The van der Waals surface area contributed by atoms with E-state index in [1.807, 2.05) is 0 Å². The van der Waals surface area contributed by atoms with Gasteiger partial charge in [0, 0.05) is 24.7 Å². The first-order valence-electron chi connectivity index (χ1n) is 6.43. The van der Waals surface area contributed by atoms with E-state index in [2.05, 4.69) is 0 Å². The zero-order chi connectivity index (χ0) is 14.3. The summed E-state index contributed by atoms with van der Waals surface area (Å²) in [5.74, 6) is -0.151. The summed E-state index contributed by atoms with van der Waals surface area (Å²) >= 11 is 5.84. The van der Waals surface area contributed by atoms with Crippen LogP contribution in [-0.4, -0.2) is 41.0 Å². The molecule has 0 aliphatic carbocycles. The number of carbonyl (C=O) groups is 1. The fourth-order valence-corrected chi connectivity index (χ4v) is 3.00. The Hall–Kier alpha value is -1.66. The molecule has 2 unspecified atom stereocenters. The van der Waals surface area contributed by atoms with Crippen molar-refractivity contribution in [1.82, 2.24) is 4.90 Å². The van der Waals surface area contributed by atoms with Crippen LogP contribution in [0.2, 0.25) is 5.02 Å². The lowest BCUT2D eigenvalue weighted by Gasteiger charge is -2.32. The van der Waals surface area contributed by atoms with E-state index in [-0.39, 0.29) is 28.8 Å². The molecule has 2 saturated heterocycles. The van der Waals surface area contributed by atoms with Crippen LogP contribution in [0.25, 0.3) is 0 Å². The van der Waals surface area contributed by atoms with E-state index in [0.717, 1.165) is 12.8 Å². The van der Waals surface area contributed by atoms with Crippen molar-refractivity contribution < 1.29 is 14.5 Å². The van der Waals surface area contributed by atoms with Gasteiger partial charge in [-0.15, -0.1) is 0 Å². The van der Waals surface area contributed by atoms with Crippen molar-refractivity contribution in [1.29, 1.82) is 0 Å². The number of nitro groups is 1. The summed E-state index contributed by atoms with van der Waals surface area (Å²) in [5.41, 5.74) is 0.187. The van der Waals surface area contributed by atoms with Crippen LogP contribution in [0, 0.1) is 10.1 Å². The predicted molar refractivity (Wildman–Crippen MR) is 71.9 cm³/mol. The summed E-state index contributed by atoms with van der Waals surface area (Å²) in [6.07, 6.45) is 2.20. The van der Waals surface area contributed by atoms with E-state index in [9.17, 15) is 14.9 Å². The van der Waals surface area contributed by atoms with Crippen molar-refractivity contribution in [3.05, 3.63) is 38.9 Å². The molecule has 0 saturated carbocycles. The fourth-order valence-electron chi connectivity index (χ4n) is 2.75. The van der Waals surface area contributed by atoms with Gasteiger partial charge >= 0.3 is 0 Å². The van der Waals surface area contributed by atoms with Crippen LogP contribution >= 0.6 is 11.6 Å². The Balaban J connectivity index is 1.80. The standard InChI is InChI=1S/C13H13ClN2O4/c14-11-5-8(1-4-12(11)16(18)19)13(17)15-6-9-2-3-10(7-15)20-9/h1,4-5,9-10H,2-3,6-7H2. The SMILES string of the molecule is O=C(c1ccc([N+](=O)[O-])c(Cl)c1)N1CC2CCC(C1)O2. The lowest BCUT2D eigenvalue weighted by molar-refractivity contribution is -0.384. The number of hydrogen-bond donors (Lipinski definition) is 0. The van der Waals surface area contributed by atoms with E-state index >= 15 is 0 Å². The highest BCUT2D eigenvalue weighted by atomic mass is 35.5. The first-order valence-corrected chi connectivity index (χ1v) is 6.81. The van der Waals surface area contributed by atoms with Crippen LogP contribution in [0.3, 0.4) is 0 Å². The van der Waals surface area contributed by atoms with Gasteiger partial charge in [0.05, 0.1) is 17.1 Å². The minimum atomic E-state index is -0.564. The first kappa shape index (κ1) is 13.3. The number of benzene rings is 1. The van der Waals surface area contributed by atoms with Crippen LogP contribution in [-0.2, 0) is 4.74 Å². The van der Waals surface area contributed by atoms with Crippen molar-refractivity contribution >= 4 is 23.2 Å². The number of ether oxygens (including phenoxy) is 1. The third kappa shape index (κ3) is 2.36. The highest BCUT2D eigenvalue weighted by Crippen LogP contribution is 2.29. The third-order valence-corrected chi connectivity index (χ3v) is 4.02. The average molecular weight is 297 g/mol. The topological polar surface area (TPSA) is 72.7 Å². The smallest absolute Gasteiger partial charge is 0.287 e. The molecule has 2 heterocycles.